The molecule has 0 unspecified atom stereocenters. The summed E-state index contributed by atoms with van der Waals surface area (Å²) in [5.74, 6) is -0.313. The van der Waals surface area contributed by atoms with Crippen LogP contribution in [0.4, 0.5) is 0 Å². The second-order valence-corrected chi connectivity index (χ2v) is 4.60. The Labute approximate surface area is 91.1 Å². The Balaban J connectivity index is 2.12. The minimum atomic E-state index is -0.313. The number of nitrogens with two attached hydrogens (primary N) is 1. The minimum absolute atomic E-state index is 0.0110. The van der Waals surface area contributed by atoms with E-state index in [0.717, 1.165) is 25.7 Å². The van der Waals surface area contributed by atoms with Gasteiger partial charge in [-0.25, -0.2) is 4.79 Å². The van der Waals surface area contributed by atoms with E-state index in [9.17, 15) is 4.79 Å². The van der Waals surface area contributed by atoms with Crippen molar-refractivity contribution in [2.45, 2.75) is 51.2 Å². The van der Waals surface area contributed by atoms with Gasteiger partial charge < -0.3 is 15.2 Å². The molecule has 0 saturated heterocycles. The van der Waals surface area contributed by atoms with Gasteiger partial charge in [0.25, 0.3) is 0 Å². The van der Waals surface area contributed by atoms with Crippen molar-refractivity contribution >= 4 is 5.97 Å². The Bertz CT molecular complexity index is 210. The standard InChI is InChI=1S/C11H21NO3/c1-9(2)15-10(13)7-14-8-11(12)5-3-4-6-11/h9H,3-8,12H2,1-2H3. The lowest BCUT2D eigenvalue weighted by molar-refractivity contribution is -0.153. The van der Waals surface area contributed by atoms with Crippen molar-refractivity contribution in [3.8, 4) is 0 Å². The van der Waals surface area contributed by atoms with Crippen LogP contribution < -0.4 is 5.73 Å². The number of hydrogen-bond acceptors (Lipinski definition) is 4. The van der Waals surface area contributed by atoms with E-state index in [1.165, 1.54) is 0 Å². The molecule has 0 atom stereocenters. The summed E-state index contributed by atoms with van der Waals surface area (Å²) in [5, 5.41) is 0. The number of carbonyl (C=O) groups is 1. The van der Waals surface area contributed by atoms with Crippen molar-refractivity contribution in [1.82, 2.24) is 0 Å². The molecule has 1 aliphatic carbocycles. The molecular weight excluding hydrogens is 194 g/mol. The smallest absolute Gasteiger partial charge is 0.332 e. The second-order valence-electron chi connectivity index (χ2n) is 4.60. The van der Waals surface area contributed by atoms with Gasteiger partial charge in [0.1, 0.15) is 6.61 Å². The maximum atomic E-state index is 11.1. The monoisotopic (exact) mass is 215 g/mol. The van der Waals surface area contributed by atoms with Gasteiger partial charge in [-0.2, -0.15) is 0 Å². The summed E-state index contributed by atoms with van der Waals surface area (Å²) in [7, 11) is 0. The molecule has 15 heavy (non-hydrogen) atoms. The fourth-order valence-electron chi connectivity index (χ4n) is 1.86. The summed E-state index contributed by atoms with van der Waals surface area (Å²) in [6.07, 6.45) is 4.23. The zero-order valence-electron chi connectivity index (χ0n) is 9.62. The van der Waals surface area contributed by atoms with Crippen molar-refractivity contribution in [2.75, 3.05) is 13.2 Å². The van der Waals surface area contributed by atoms with Crippen molar-refractivity contribution < 1.29 is 14.3 Å². The molecule has 1 rings (SSSR count). The topological polar surface area (TPSA) is 61.5 Å². The number of hydrogen-bond donors (Lipinski definition) is 1. The van der Waals surface area contributed by atoms with E-state index in [4.69, 9.17) is 15.2 Å². The average molecular weight is 215 g/mol. The van der Waals surface area contributed by atoms with Crippen LogP contribution in [0.25, 0.3) is 0 Å². The molecule has 1 saturated carbocycles. The van der Waals surface area contributed by atoms with Gasteiger partial charge in [0.2, 0.25) is 0 Å². The normalized spacial score (nSPS) is 19.5. The van der Waals surface area contributed by atoms with Crippen LogP contribution in [0.3, 0.4) is 0 Å². The molecule has 88 valence electrons. The van der Waals surface area contributed by atoms with Gasteiger partial charge in [-0.3, -0.25) is 0 Å². The quantitative estimate of drug-likeness (QED) is 0.701. The van der Waals surface area contributed by atoms with Gasteiger partial charge in [-0.05, 0) is 26.7 Å². The molecule has 2 N–H and O–H groups in total. The molecule has 0 bridgehead atoms. The lowest BCUT2D eigenvalue weighted by Crippen LogP contribution is -2.42. The first-order valence-electron chi connectivity index (χ1n) is 5.58. The van der Waals surface area contributed by atoms with E-state index in [1.807, 2.05) is 13.8 Å². The minimum Gasteiger partial charge on any atom is -0.461 e. The van der Waals surface area contributed by atoms with Crippen molar-refractivity contribution in [2.24, 2.45) is 5.73 Å². The Hall–Kier alpha value is -0.610. The van der Waals surface area contributed by atoms with E-state index in [0.29, 0.717) is 6.61 Å². The molecule has 0 spiro atoms. The van der Waals surface area contributed by atoms with E-state index in [2.05, 4.69) is 0 Å². The predicted octanol–water partition coefficient (Wildman–Crippen LogP) is 1.23. The summed E-state index contributed by atoms with van der Waals surface area (Å²) in [6.45, 7) is 4.11. The fourth-order valence-corrected chi connectivity index (χ4v) is 1.86. The van der Waals surface area contributed by atoms with Gasteiger partial charge in [-0.1, -0.05) is 12.8 Å². The lowest BCUT2D eigenvalue weighted by Gasteiger charge is -2.22. The van der Waals surface area contributed by atoms with Crippen molar-refractivity contribution in [1.29, 1.82) is 0 Å². The van der Waals surface area contributed by atoms with E-state index >= 15 is 0 Å². The van der Waals surface area contributed by atoms with Crippen LogP contribution in [-0.2, 0) is 14.3 Å². The maximum absolute atomic E-state index is 11.1. The maximum Gasteiger partial charge on any atom is 0.332 e. The number of esters is 1. The van der Waals surface area contributed by atoms with Crippen molar-refractivity contribution in [3.05, 3.63) is 0 Å². The van der Waals surface area contributed by atoms with Gasteiger partial charge >= 0.3 is 5.97 Å². The highest BCUT2D eigenvalue weighted by Gasteiger charge is 2.29. The van der Waals surface area contributed by atoms with E-state index < -0.39 is 0 Å². The van der Waals surface area contributed by atoms with Crippen molar-refractivity contribution in [3.63, 3.8) is 0 Å². The number of rotatable bonds is 5. The summed E-state index contributed by atoms with van der Waals surface area (Å²) in [4.78, 5) is 11.1. The van der Waals surface area contributed by atoms with Gasteiger partial charge in [0.05, 0.1) is 12.7 Å². The molecule has 0 heterocycles. The third kappa shape index (κ3) is 4.62. The molecule has 0 aliphatic heterocycles. The summed E-state index contributed by atoms with van der Waals surface area (Å²) >= 11 is 0. The first-order chi connectivity index (χ1) is 7.02. The molecule has 1 aliphatic rings. The Morgan fingerprint density at radius 3 is 2.53 bits per heavy atom. The molecular formula is C11H21NO3. The largest absolute Gasteiger partial charge is 0.461 e. The van der Waals surface area contributed by atoms with Crippen LogP contribution in [0.2, 0.25) is 0 Å². The van der Waals surface area contributed by atoms with Crippen LogP contribution in [0.15, 0.2) is 0 Å². The number of carbonyl (C=O) groups excluding carboxylic acids is 1. The molecule has 1 fully saturated rings. The van der Waals surface area contributed by atoms with Crippen LogP contribution >= 0.6 is 0 Å². The van der Waals surface area contributed by atoms with E-state index in [1.54, 1.807) is 0 Å². The molecule has 0 radical (unpaired) electrons. The highest BCUT2D eigenvalue weighted by atomic mass is 16.6. The highest BCUT2D eigenvalue weighted by Crippen LogP contribution is 2.27. The first kappa shape index (κ1) is 12.5. The Morgan fingerprint density at radius 2 is 2.00 bits per heavy atom. The second kappa shape index (κ2) is 5.47. The Kier molecular flexibility index (Phi) is 4.54. The van der Waals surface area contributed by atoms with Crippen LogP contribution in [0.1, 0.15) is 39.5 Å². The summed E-state index contributed by atoms with van der Waals surface area (Å²) in [5.41, 5.74) is 5.86. The van der Waals surface area contributed by atoms with Crippen LogP contribution in [-0.4, -0.2) is 30.8 Å². The highest BCUT2D eigenvalue weighted by molar-refractivity contribution is 5.70. The van der Waals surface area contributed by atoms with Crippen LogP contribution in [0, 0.1) is 0 Å². The number of ether oxygens (including phenoxy) is 2. The molecule has 4 nitrogen and oxygen atoms in total. The SMILES string of the molecule is CC(C)OC(=O)COCC1(N)CCCC1. The van der Waals surface area contributed by atoms with Crippen LogP contribution in [0.5, 0.6) is 0 Å². The molecule has 0 amide bonds. The lowest BCUT2D eigenvalue weighted by atomic mass is 10.0. The predicted molar refractivity (Wildman–Crippen MR) is 57.4 cm³/mol. The molecule has 0 aromatic carbocycles. The third-order valence-corrected chi connectivity index (χ3v) is 2.58. The Morgan fingerprint density at radius 1 is 1.40 bits per heavy atom. The fraction of sp³-hybridized carbons (Fsp3) is 0.909. The average Bonchev–Trinajstić information content (AvgIpc) is 2.51. The third-order valence-electron chi connectivity index (χ3n) is 2.58. The molecule has 4 heteroatoms. The summed E-state index contributed by atoms with van der Waals surface area (Å²) in [6, 6.07) is 0. The van der Waals surface area contributed by atoms with Gasteiger partial charge in [-0.15, -0.1) is 0 Å². The van der Waals surface area contributed by atoms with Gasteiger partial charge in [0.15, 0.2) is 0 Å². The molecule has 0 aromatic heterocycles. The van der Waals surface area contributed by atoms with Gasteiger partial charge in [0, 0.05) is 5.54 Å². The zero-order valence-corrected chi connectivity index (χ0v) is 9.62. The zero-order chi connectivity index (χ0) is 11.3. The summed E-state index contributed by atoms with van der Waals surface area (Å²) < 4.78 is 10.2. The van der Waals surface area contributed by atoms with E-state index in [-0.39, 0.29) is 24.2 Å². The molecule has 0 aromatic rings. The first-order valence-corrected chi connectivity index (χ1v) is 5.58.